The predicted molar refractivity (Wildman–Crippen MR) is 102 cm³/mol. The molecule has 6 heteroatoms. The third-order valence-corrected chi connectivity index (χ3v) is 6.49. The molecular formula is C20H25NO4S. The number of benzene rings is 1. The van der Waals surface area contributed by atoms with Gasteiger partial charge in [-0.05, 0) is 31.8 Å². The van der Waals surface area contributed by atoms with Crippen LogP contribution < -0.4 is 0 Å². The van der Waals surface area contributed by atoms with Crippen LogP contribution in [0.2, 0.25) is 0 Å². The summed E-state index contributed by atoms with van der Waals surface area (Å²) in [6.07, 6.45) is 2.09. The first kappa shape index (κ1) is 19.1. The van der Waals surface area contributed by atoms with Crippen molar-refractivity contribution < 1.29 is 19.4 Å². The Morgan fingerprint density at radius 3 is 2.58 bits per heavy atom. The molecule has 0 aliphatic carbocycles. The van der Waals surface area contributed by atoms with Crippen molar-refractivity contribution in [2.24, 2.45) is 5.92 Å². The molecule has 0 saturated carbocycles. The number of likely N-dealkylation sites (tertiary alicyclic amines) is 1. The smallest absolute Gasteiger partial charge is 0.211 e. The average molecular weight is 375 g/mol. The van der Waals surface area contributed by atoms with Crippen LogP contribution in [0.15, 0.2) is 41.0 Å². The SMILES string of the molecule is COC1=C(C2CCN(CCO)CC2)SC(CC(=O)c2ccccc2)C1=O. The number of hydrogen-bond donors (Lipinski definition) is 1. The molecule has 1 aromatic carbocycles. The summed E-state index contributed by atoms with van der Waals surface area (Å²) in [5.74, 6) is 0.674. The Kier molecular flexibility index (Phi) is 6.51. The normalized spacial score (nSPS) is 22.1. The molecule has 5 nitrogen and oxygen atoms in total. The number of carbonyl (C=O) groups excluding carboxylic acids is 2. The molecule has 0 bridgehead atoms. The van der Waals surface area contributed by atoms with Crippen molar-refractivity contribution >= 4 is 23.3 Å². The van der Waals surface area contributed by atoms with E-state index in [-0.39, 0.29) is 29.8 Å². The lowest BCUT2D eigenvalue weighted by molar-refractivity contribution is -0.117. The van der Waals surface area contributed by atoms with Crippen LogP contribution in [0.5, 0.6) is 0 Å². The summed E-state index contributed by atoms with van der Waals surface area (Å²) in [6.45, 7) is 2.69. The Hall–Kier alpha value is -1.63. The molecule has 140 valence electrons. The van der Waals surface area contributed by atoms with Crippen molar-refractivity contribution in [3.05, 3.63) is 46.6 Å². The highest BCUT2D eigenvalue weighted by Crippen LogP contribution is 2.44. The van der Waals surface area contributed by atoms with Gasteiger partial charge in [-0.3, -0.25) is 9.59 Å². The molecule has 2 heterocycles. The van der Waals surface area contributed by atoms with E-state index < -0.39 is 0 Å². The van der Waals surface area contributed by atoms with Crippen LogP contribution >= 0.6 is 11.8 Å². The van der Waals surface area contributed by atoms with E-state index in [4.69, 9.17) is 9.84 Å². The minimum absolute atomic E-state index is 0.00841. The van der Waals surface area contributed by atoms with Crippen LogP contribution in [0.4, 0.5) is 0 Å². The van der Waals surface area contributed by atoms with Gasteiger partial charge in [0.05, 0.1) is 19.0 Å². The largest absolute Gasteiger partial charge is 0.492 e. The first-order valence-corrected chi connectivity index (χ1v) is 9.92. The lowest BCUT2D eigenvalue weighted by atomic mass is 9.94. The van der Waals surface area contributed by atoms with E-state index in [0.717, 1.165) is 30.8 Å². The molecule has 1 fully saturated rings. The van der Waals surface area contributed by atoms with Crippen molar-refractivity contribution in [2.75, 3.05) is 33.4 Å². The number of β-amino-alcohol motifs (C(OH)–C–C–N with tert-alkyl or cyclic N) is 1. The third kappa shape index (κ3) is 4.19. The van der Waals surface area contributed by atoms with Gasteiger partial charge in [-0.2, -0.15) is 0 Å². The number of methoxy groups -OCH3 is 1. The van der Waals surface area contributed by atoms with Crippen LogP contribution in [0.25, 0.3) is 0 Å². The van der Waals surface area contributed by atoms with Crippen LogP contribution in [0.1, 0.15) is 29.6 Å². The number of aliphatic hydroxyl groups excluding tert-OH is 1. The number of ketones is 2. The fourth-order valence-corrected chi connectivity index (χ4v) is 5.09. The zero-order valence-electron chi connectivity index (χ0n) is 15.0. The summed E-state index contributed by atoms with van der Waals surface area (Å²) in [4.78, 5) is 28.5. The highest BCUT2D eigenvalue weighted by molar-refractivity contribution is 8.05. The number of aliphatic hydroxyl groups is 1. The molecule has 0 amide bonds. The molecule has 1 N–H and O–H groups in total. The maximum atomic E-state index is 12.7. The Balaban J connectivity index is 1.65. The highest BCUT2D eigenvalue weighted by atomic mass is 32.2. The number of nitrogens with zero attached hydrogens (tertiary/aromatic N) is 1. The molecule has 1 aromatic rings. The summed E-state index contributed by atoms with van der Waals surface area (Å²) in [5, 5.41) is 8.69. The Morgan fingerprint density at radius 1 is 1.27 bits per heavy atom. The number of allylic oxidation sites excluding steroid dienone is 2. The first-order chi connectivity index (χ1) is 12.6. The summed E-state index contributed by atoms with van der Waals surface area (Å²) in [5.41, 5.74) is 0.644. The Labute approximate surface area is 158 Å². The Morgan fingerprint density at radius 2 is 1.96 bits per heavy atom. The van der Waals surface area contributed by atoms with Gasteiger partial charge in [0, 0.05) is 23.4 Å². The van der Waals surface area contributed by atoms with E-state index in [9.17, 15) is 9.59 Å². The van der Waals surface area contributed by atoms with Crippen molar-refractivity contribution in [1.82, 2.24) is 4.90 Å². The number of ether oxygens (including phenoxy) is 1. The van der Waals surface area contributed by atoms with E-state index in [1.807, 2.05) is 18.2 Å². The second-order valence-electron chi connectivity index (χ2n) is 6.70. The third-order valence-electron chi connectivity index (χ3n) is 5.05. The summed E-state index contributed by atoms with van der Waals surface area (Å²) >= 11 is 1.51. The van der Waals surface area contributed by atoms with E-state index in [2.05, 4.69) is 4.90 Å². The van der Waals surface area contributed by atoms with Gasteiger partial charge in [0.15, 0.2) is 11.5 Å². The summed E-state index contributed by atoms with van der Waals surface area (Å²) < 4.78 is 5.43. The average Bonchev–Trinajstić information content (AvgIpc) is 2.99. The minimum Gasteiger partial charge on any atom is -0.492 e. The molecule has 1 saturated heterocycles. The fraction of sp³-hybridized carbons (Fsp3) is 0.500. The van der Waals surface area contributed by atoms with Crippen molar-refractivity contribution in [2.45, 2.75) is 24.5 Å². The molecule has 3 rings (SSSR count). The van der Waals surface area contributed by atoms with Crippen LogP contribution in [-0.4, -0.2) is 60.2 Å². The van der Waals surface area contributed by atoms with Crippen LogP contribution in [-0.2, 0) is 9.53 Å². The second-order valence-corrected chi connectivity index (χ2v) is 7.95. The van der Waals surface area contributed by atoms with Gasteiger partial charge in [0.2, 0.25) is 5.78 Å². The topological polar surface area (TPSA) is 66.8 Å². The molecule has 0 aromatic heterocycles. The highest BCUT2D eigenvalue weighted by Gasteiger charge is 2.40. The molecule has 26 heavy (non-hydrogen) atoms. The zero-order chi connectivity index (χ0) is 18.5. The molecule has 2 aliphatic heterocycles. The molecule has 2 aliphatic rings. The first-order valence-electron chi connectivity index (χ1n) is 9.04. The number of piperidine rings is 1. The molecular weight excluding hydrogens is 350 g/mol. The van der Waals surface area contributed by atoms with E-state index in [1.54, 1.807) is 12.1 Å². The molecule has 0 radical (unpaired) electrons. The van der Waals surface area contributed by atoms with Gasteiger partial charge >= 0.3 is 0 Å². The van der Waals surface area contributed by atoms with Crippen LogP contribution in [0.3, 0.4) is 0 Å². The van der Waals surface area contributed by atoms with Crippen molar-refractivity contribution in [3.63, 3.8) is 0 Å². The van der Waals surface area contributed by atoms with E-state index in [0.29, 0.717) is 23.8 Å². The van der Waals surface area contributed by atoms with Crippen LogP contribution in [0, 0.1) is 5.92 Å². The quantitative estimate of drug-likeness (QED) is 0.739. The molecule has 1 unspecified atom stereocenters. The number of carbonyl (C=O) groups is 2. The van der Waals surface area contributed by atoms with Crippen molar-refractivity contribution in [3.8, 4) is 0 Å². The monoisotopic (exact) mass is 375 g/mol. The molecule has 0 spiro atoms. The van der Waals surface area contributed by atoms with Gasteiger partial charge in [-0.25, -0.2) is 0 Å². The summed E-state index contributed by atoms with van der Waals surface area (Å²) in [7, 11) is 1.54. The lowest BCUT2D eigenvalue weighted by Crippen LogP contribution is -2.35. The van der Waals surface area contributed by atoms with Gasteiger partial charge in [-0.15, -0.1) is 11.8 Å². The number of Topliss-reactive ketones (excluding diaryl/α,β-unsaturated/α-hetero) is 2. The summed E-state index contributed by atoms with van der Waals surface area (Å²) in [6, 6.07) is 9.12. The zero-order valence-corrected chi connectivity index (χ0v) is 15.8. The lowest BCUT2D eigenvalue weighted by Gasteiger charge is -2.32. The van der Waals surface area contributed by atoms with E-state index >= 15 is 0 Å². The molecule has 1 atom stereocenters. The predicted octanol–water partition coefficient (Wildman–Crippen LogP) is 2.51. The van der Waals surface area contributed by atoms with Gasteiger partial charge in [-0.1, -0.05) is 30.3 Å². The van der Waals surface area contributed by atoms with Gasteiger partial charge in [0.1, 0.15) is 0 Å². The van der Waals surface area contributed by atoms with Gasteiger partial charge < -0.3 is 14.7 Å². The Bertz CT molecular complexity index is 680. The number of thioether (sulfide) groups is 1. The number of rotatable bonds is 7. The number of hydrogen-bond acceptors (Lipinski definition) is 6. The second kappa shape index (κ2) is 8.84. The van der Waals surface area contributed by atoms with E-state index in [1.165, 1.54) is 18.9 Å². The van der Waals surface area contributed by atoms with Gasteiger partial charge in [0.25, 0.3) is 0 Å². The maximum absolute atomic E-state index is 12.7. The minimum atomic E-state index is -0.386. The fourth-order valence-electron chi connectivity index (χ4n) is 3.62. The standard InChI is InChI=1S/C20H25NO4S/c1-25-19-18(24)17(13-16(23)14-5-3-2-4-6-14)26-20(19)15-7-9-21(10-8-15)11-12-22/h2-6,15,17,22H,7-13H2,1H3. The van der Waals surface area contributed by atoms with Crippen molar-refractivity contribution in [1.29, 1.82) is 0 Å². The maximum Gasteiger partial charge on any atom is 0.211 e.